The van der Waals surface area contributed by atoms with Crippen molar-refractivity contribution in [2.45, 2.75) is 39.2 Å². The number of nitrogens with zero attached hydrogens (tertiary/aromatic N) is 6. The summed E-state index contributed by atoms with van der Waals surface area (Å²) in [5.74, 6) is 1.39. The molecule has 0 bridgehead atoms. The van der Waals surface area contributed by atoms with E-state index >= 15 is 0 Å². The monoisotopic (exact) mass is 491 g/mol. The normalized spacial score (nSPS) is 11.5. The lowest BCUT2D eigenvalue weighted by Gasteiger charge is -2.08. The fraction of sp³-hybridized carbons (Fsp3) is 0.381. The average molecular weight is 491 g/mol. The summed E-state index contributed by atoms with van der Waals surface area (Å²) < 4.78 is 10.4. The molecule has 2 aromatic heterocycles. The van der Waals surface area contributed by atoms with Crippen molar-refractivity contribution in [1.82, 2.24) is 25.2 Å². The summed E-state index contributed by atoms with van der Waals surface area (Å²) in [5, 5.41) is 19.3. The molecule has 0 atom stereocenters. The highest BCUT2D eigenvalue weighted by Crippen LogP contribution is 2.25. The van der Waals surface area contributed by atoms with E-state index in [4.69, 9.17) is 24.1 Å². The first kappa shape index (κ1) is 27.1. The first-order chi connectivity index (χ1) is 16.3. The van der Waals surface area contributed by atoms with Gasteiger partial charge >= 0.3 is 7.82 Å². The van der Waals surface area contributed by atoms with Crippen LogP contribution in [-0.4, -0.2) is 52.1 Å². The Hall–Kier alpha value is -3.18. The van der Waals surface area contributed by atoms with Crippen LogP contribution in [0.5, 0.6) is 0 Å². The van der Waals surface area contributed by atoms with Crippen LogP contribution in [0.1, 0.15) is 49.7 Å². The Kier molecular flexibility index (Phi) is 11.3. The lowest BCUT2D eigenvalue weighted by Crippen LogP contribution is -2.12. The van der Waals surface area contributed by atoms with Crippen molar-refractivity contribution in [3.05, 3.63) is 65.6 Å². The fourth-order valence-corrected chi connectivity index (χ4v) is 2.84. The maximum Gasteiger partial charge on any atom is 0.466 e. The number of hydrogen-bond acceptors (Lipinski definition) is 8. The third-order valence-corrected chi connectivity index (χ3v) is 4.39. The lowest BCUT2D eigenvalue weighted by molar-refractivity contribution is 0.128. The number of rotatable bonds is 11. The van der Waals surface area contributed by atoms with Crippen LogP contribution in [-0.2, 0) is 23.1 Å². The zero-order valence-corrected chi connectivity index (χ0v) is 20.0. The van der Waals surface area contributed by atoms with Gasteiger partial charge in [-0.3, -0.25) is 0 Å². The number of nitrogens with one attached hydrogen (secondary N) is 1. The van der Waals surface area contributed by atoms with Crippen molar-refractivity contribution in [2.24, 2.45) is 12.2 Å². The second kappa shape index (κ2) is 14.2. The molecule has 0 aliphatic rings. The van der Waals surface area contributed by atoms with Gasteiger partial charge in [0, 0.05) is 19.2 Å². The van der Waals surface area contributed by atoms with Gasteiger partial charge in [0.15, 0.2) is 12.3 Å². The number of pyridine rings is 1. The molecule has 184 valence electrons. The minimum absolute atomic E-state index is 0.257. The van der Waals surface area contributed by atoms with Gasteiger partial charge in [0.05, 0.1) is 5.69 Å². The Morgan fingerprint density at radius 1 is 1.09 bits per heavy atom. The summed E-state index contributed by atoms with van der Waals surface area (Å²) in [6.07, 6.45) is 4.89. The Morgan fingerprint density at radius 3 is 2.47 bits per heavy atom. The van der Waals surface area contributed by atoms with Crippen molar-refractivity contribution >= 4 is 19.4 Å². The quantitative estimate of drug-likeness (QED) is 0.135. The van der Waals surface area contributed by atoms with E-state index < -0.39 is 7.82 Å². The number of aryl methyl sites for hydroxylation is 1. The van der Waals surface area contributed by atoms with Crippen LogP contribution in [0.2, 0.25) is 0 Å². The molecule has 0 unspecified atom stereocenters. The van der Waals surface area contributed by atoms with Crippen LogP contribution >= 0.6 is 7.82 Å². The van der Waals surface area contributed by atoms with E-state index in [1.165, 1.54) is 19.3 Å². The highest BCUT2D eigenvalue weighted by atomic mass is 31.2. The molecule has 2 heterocycles. The summed E-state index contributed by atoms with van der Waals surface area (Å²) in [4.78, 5) is 31.8. The molecule has 4 N–H and O–H groups in total. The van der Waals surface area contributed by atoms with Crippen LogP contribution in [0.3, 0.4) is 0 Å². The van der Waals surface area contributed by atoms with Crippen LogP contribution in [0.15, 0.2) is 53.7 Å². The molecule has 0 saturated heterocycles. The summed E-state index contributed by atoms with van der Waals surface area (Å²) in [5.41, 5.74) is 2.25. The first-order valence-electron chi connectivity index (χ1n) is 10.7. The lowest BCUT2D eigenvalue weighted by atomic mass is 10.1. The number of unbranched alkanes of at least 4 members (excludes halogenated alkanes) is 3. The highest BCUT2D eigenvalue weighted by Gasteiger charge is 2.14. The maximum absolute atomic E-state index is 8.88. The van der Waals surface area contributed by atoms with Crippen molar-refractivity contribution < 1.29 is 24.1 Å². The second-order valence-corrected chi connectivity index (χ2v) is 8.25. The number of hydrogen-bond donors (Lipinski definition) is 4. The number of oxime groups is 1. The topological polar surface area (TPSA) is 168 Å². The average Bonchev–Trinajstić information content (AvgIpc) is 3.22. The van der Waals surface area contributed by atoms with E-state index in [-0.39, 0.29) is 6.61 Å². The minimum Gasteiger partial charge on any atom is -0.389 e. The van der Waals surface area contributed by atoms with E-state index in [1.54, 1.807) is 11.7 Å². The molecule has 0 aliphatic carbocycles. The minimum atomic E-state index is -4.64. The molecule has 12 nitrogen and oxygen atoms in total. The molecule has 0 amide bonds. The molecule has 0 radical (unpaired) electrons. The van der Waals surface area contributed by atoms with Crippen LogP contribution < -0.4 is 5.32 Å². The third kappa shape index (κ3) is 10.6. The SMILES string of the molecule is CCCCCCNc1cccc(CO/N=C(/c2ccccc2)c2nnnn2C)n1.O=P(O)(O)O. The standard InChI is InChI=1S/C21H27N7O.H3O4P/c1-3-4-5-9-15-22-19-14-10-13-18(23-19)16-29-25-20(17-11-7-6-8-12-17)21-24-26-27-28(21)2;1-5(2,3)4/h6-8,10-14H,3-5,9,15-16H2,1-2H3,(H,22,23);(H3,1,2,3,4)/b25-20-;. The molecule has 1 aromatic carbocycles. The Labute approximate surface area is 197 Å². The summed E-state index contributed by atoms with van der Waals surface area (Å²) in [7, 11) is -2.87. The number of benzene rings is 1. The fourth-order valence-electron chi connectivity index (χ4n) is 2.84. The highest BCUT2D eigenvalue weighted by molar-refractivity contribution is 7.45. The Balaban J connectivity index is 0.000000739. The van der Waals surface area contributed by atoms with Crippen LogP contribution in [0.4, 0.5) is 5.82 Å². The zero-order chi connectivity index (χ0) is 24.8. The van der Waals surface area contributed by atoms with E-state index in [0.717, 1.165) is 30.0 Å². The van der Waals surface area contributed by atoms with E-state index in [1.807, 2.05) is 48.5 Å². The van der Waals surface area contributed by atoms with Gasteiger partial charge in [-0.05, 0) is 29.0 Å². The van der Waals surface area contributed by atoms with Crippen LogP contribution in [0, 0.1) is 0 Å². The summed E-state index contributed by atoms with van der Waals surface area (Å²) >= 11 is 0. The molecular formula is C21H30N7O5P. The van der Waals surface area contributed by atoms with Gasteiger partial charge in [-0.15, -0.1) is 5.10 Å². The van der Waals surface area contributed by atoms with E-state index in [2.05, 4.69) is 37.9 Å². The number of aromatic nitrogens is 5. The molecule has 0 aliphatic heterocycles. The molecule has 3 aromatic rings. The molecule has 13 heteroatoms. The Bertz CT molecular complexity index is 1060. The van der Waals surface area contributed by atoms with E-state index in [9.17, 15) is 0 Å². The van der Waals surface area contributed by atoms with Crippen molar-refractivity contribution in [1.29, 1.82) is 0 Å². The predicted molar refractivity (Wildman–Crippen MR) is 127 cm³/mol. The number of phosphoric acid groups is 1. The molecule has 0 spiro atoms. The third-order valence-electron chi connectivity index (χ3n) is 4.39. The number of anilines is 1. The maximum atomic E-state index is 8.88. The molecule has 0 fully saturated rings. The summed E-state index contributed by atoms with van der Waals surface area (Å²) in [6, 6.07) is 15.6. The van der Waals surface area contributed by atoms with Crippen LogP contribution in [0.25, 0.3) is 0 Å². The summed E-state index contributed by atoms with van der Waals surface area (Å²) in [6.45, 7) is 3.39. The molecule has 0 saturated carbocycles. The molecular weight excluding hydrogens is 461 g/mol. The predicted octanol–water partition coefficient (Wildman–Crippen LogP) is 2.64. The second-order valence-electron chi connectivity index (χ2n) is 7.22. The van der Waals surface area contributed by atoms with Crippen molar-refractivity contribution in [2.75, 3.05) is 11.9 Å². The van der Waals surface area contributed by atoms with Gasteiger partial charge in [0.2, 0.25) is 5.82 Å². The molecule has 3 rings (SSSR count). The van der Waals surface area contributed by atoms with Gasteiger partial charge in [-0.25, -0.2) is 14.2 Å². The van der Waals surface area contributed by atoms with Gasteiger partial charge in [0.25, 0.3) is 0 Å². The van der Waals surface area contributed by atoms with Gasteiger partial charge in [-0.1, -0.05) is 67.7 Å². The largest absolute Gasteiger partial charge is 0.466 e. The van der Waals surface area contributed by atoms with E-state index in [0.29, 0.717) is 11.5 Å². The van der Waals surface area contributed by atoms with Gasteiger partial charge < -0.3 is 24.8 Å². The number of tetrazole rings is 1. The zero-order valence-electron chi connectivity index (χ0n) is 19.2. The van der Waals surface area contributed by atoms with Crippen molar-refractivity contribution in [3.63, 3.8) is 0 Å². The van der Waals surface area contributed by atoms with Crippen molar-refractivity contribution in [3.8, 4) is 0 Å². The smallest absolute Gasteiger partial charge is 0.389 e. The van der Waals surface area contributed by atoms with Gasteiger partial charge in [0.1, 0.15) is 5.82 Å². The van der Waals surface area contributed by atoms with Gasteiger partial charge in [-0.2, -0.15) is 0 Å². The molecule has 34 heavy (non-hydrogen) atoms. The first-order valence-corrected chi connectivity index (χ1v) is 12.3. The Morgan fingerprint density at radius 2 is 1.82 bits per heavy atom.